The maximum absolute atomic E-state index is 12.5. The fourth-order valence-corrected chi connectivity index (χ4v) is 4.29. The molecule has 0 spiro atoms. The van der Waals surface area contributed by atoms with Crippen LogP contribution >= 0.6 is 0 Å². The molecule has 1 saturated carbocycles. The number of esters is 2. The van der Waals surface area contributed by atoms with Crippen molar-refractivity contribution in [3.63, 3.8) is 0 Å². The molecule has 0 amide bonds. The van der Waals surface area contributed by atoms with Crippen LogP contribution in [0.3, 0.4) is 0 Å². The van der Waals surface area contributed by atoms with Crippen LogP contribution in [-0.4, -0.2) is 50.8 Å². The highest BCUT2D eigenvalue weighted by atomic mass is 28.4. The van der Waals surface area contributed by atoms with Gasteiger partial charge in [0.05, 0.1) is 13.2 Å². The van der Waals surface area contributed by atoms with Gasteiger partial charge in [0.25, 0.3) is 0 Å². The van der Waals surface area contributed by atoms with Gasteiger partial charge in [-0.3, -0.25) is 4.79 Å². The van der Waals surface area contributed by atoms with Crippen molar-refractivity contribution in [3.8, 4) is 0 Å². The van der Waals surface area contributed by atoms with Gasteiger partial charge in [-0.2, -0.15) is 0 Å². The second-order valence-electron chi connectivity index (χ2n) is 8.62. The van der Waals surface area contributed by atoms with E-state index in [1.165, 1.54) is 14.0 Å². The van der Waals surface area contributed by atoms with Gasteiger partial charge >= 0.3 is 11.9 Å². The molecule has 0 unspecified atom stereocenters. The van der Waals surface area contributed by atoms with E-state index in [0.717, 1.165) is 0 Å². The first kappa shape index (κ1) is 22.1. The van der Waals surface area contributed by atoms with Crippen LogP contribution in [0.1, 0.15) is 47.5 Å². The van der Waals surface area contributed by atoms with E-state index in [2.05, 4.69) is 33.9 Å². The molecule has 0 aromatic heterocycles. The number of rotatable bonds is 5. The van der Waals surface area contributed by atoms with Gasteiger partial charge in [-0.15, -0.1) is 0 Å². The summed E-state index contributed by atoms with van der Waals surface area (Å²) in [5, 5.41) is 10.3. The van der Waals surface area contributed by atoms with Crippen molar-refractivity contribution < 1.29 is 28.6 Å². The minimum Gasteiger partial charge on any atom is -0.467 e. The average molecular weight is 375 g/mol. The number of carbonyl (C=O) groups excluding carboxylic acids is 2. The van der Waals surface area contributed by atoms with E-state index < -0.39 is 32.6 Å². The van der Waals surface area contributed by atoms with Gasteiger partial charge < -0.3 is 19.0 Å². The Morgan fingerprint density at radius 2 is 1.76 bits per heavy atom. The summed E-state index contributed by atoms with van der Waals surface area (Å²) in [6.07, 6.45) is -0.978. The predicted octanol–water partition coefficient (Wildman–Crippen LogP) is 2.89. The molecule has 1 fully saturated rings. The van der Waals surface area contributed by atoms with Crippen molar-refractivity contribution in [2.45, 2.75) is 83.9 Å². The van der Waals surface area contributed by atoms with Crippen LogP contribution in [0.25, 0.3) is 0 Å². The van der Waals surface area contributed by atoms with Crippen LogP contribution in [0, 0.1) is 11.8 Å². The van der Waals surface area contributed by atoms with Crippen molar-refractivity contribution in [2.75, 3.05) is 7.11 Å². The topological polar surface area (TPSA) is 82.1 Å². The number of carbonyl (C=O) groups is 2. The smallest absolute Gasteiger partial charge is 0.334 e. The van der Waals surface area contributed by atoms with Crippen molar-refractivity contribution in [1.29, 1.82) is 0 Å². The van der Waals surface area contributed by atoms with Gasteiger partial charge in [0.2, 0.25) is 0 Å². The van der Waals surface area contributed by atoms with E-state index in [9.17, 15) is 14.7 Å². The lowest BCUT2D eigenvalue weighted by atomic mass is 9.74. The predicted molar refractivity (Wildman–Crippen MR) is 97.5 cm³/mol. The van der Waals surface area contributed by atoms with E-state index in [-0.39, 0.29) is 22.8 Å². The first-order valence-electron chi connectivity index (χ1n) is 8.91. The summed E-state index contributed by atoms with van der Waals surface area (Å²) in [5.41, 5.74) is 0. The minimum atomic E-state index is -2.23. The Bertz CT molecular complexity index is 484. The number of methoxy groups -OCH3 is 1. The minimum absolute atomic E-state index is 0.0644. The summed E-state index contributed by atoms with van der Waals surface area (Å²) in [6.45, 7) is 13.7. The molecule has 0 aliphatic heterocycles. The molecule has 146 valence electrons. The quantitative estimate of drug-likeness (QED) is 0.588. The summed E-state index contributed by atoms with van der Waals surface area (Å²) in [4.78, 5) is 23.8. The summed E-state index contributed by atoms with van der Waals surface area (Å²) < 4.78 is 16.7. The third kappa shape index (κ3) is 5.52. The van der Waals surface area contributed by atoms with Gasteiger partial charge in [-0.25, -0.2) is 4.79 Å². The first-order valence-corrected chi connectivity index (χ1v) is 11.8. The lowest BCUT2D eigenvalue weighted by molar-refractivity contribution is -0.163. The number of hydrogen-bond donors (Lipinski definition) is 1. The molecule has 5 atom stereocenters. The summed E-state index contributed by atoms with van der Waals surface area (Å²) in [6, 6.07) is 0. The monoisotopic (exact) mass is 374 g/mol. The highest BCUT2D eigenvalue weighted by Gasteiger charge is 2.48. The highest BCUT2D eigenvalue weighted by molar-refractivity contribution is 6.74. The lowest BCUT2D eigenvalue weighted by Gasteiger charge is -2.44. The van der Waals surface area contributed by atoms with E-state index in [0.29, 0.717) is 12.8 Å². The molecule has 0 bridgehead atoms. The number of hydrogen-bond acceptors (Lipinski definition) is 6. The number of aliphatic hydroxyl groups excluding tert-OH is 1. The molecule has 6 nitrogen and oxygen atoms in total. The van der Waals surface area contributed by atoms with Crippen molar-refractivity contribution in [2.24, 2.45) is 11.8 Å². The third-order valence-corrected chi connectivity index (χ3v) is 10.2. The molecule has 0 saturated heterocycles. The molecule has 1 N–H and O–H groups in total. The van der Waals surface area contributed by atoms with Crippen LogP contribution in [-0.2, 0) is 23.5 Å². The zero-order chi connectivity index (χ0) is 19.6. The molecule has 25 heavy (non-hydrogen) atoms. The zero-order valence-electron chi connectivity index (χ0n) is 16.8. The van der Waals surface area contributed by atoms with Crippen LogP contribution in [0.4, 0.5) is 0 Å². The fourth-order valence-electron chi connectivity index (χ4n) is 3.03. The molecule has 0 heterocycles. The highest BCUT2D eigenvalue weighted by Crippen LogP contribution is 2.41. The Hall–Kier alpha value is -0.923. The molecule has 7 heteroatoms. The van der Waals surface area contributed by atoms with E-state index in [1.54, 1.807) is 0 Å². The zero-order valence-corrected chi connectivity index (χ0v) is 17.8. The summed E-state index contributed by atoms with van der Waals surface area (Å²) in [5.74, 6) is -1.24. The van der Waals surface area contributed by atoms with Crippen molar-refractivity contribution in [3.05, 3.63) is 0 Å². The summed E-state index contributed by atoms with van der Waals surface area (Å²) in [7, 11) is -0.882. The standard InChI is InChI=1S/C18H34O6Si/c1-11-14(9-13(10-15(11)20)23-12(2)19)16(17(21)22-6)24-25(7,8)18(3,4)5/h11,13-16,20H,9-10H2,1-8H3/t11-,13+,14+,15-,16+/m0/s1. The van der Waals surface area contributed by atoms with Crippen LogP contribution in [0.5, 0.6) is 0 Å². The summed E-state index contributed by atoms with van der Waals surface area (Å²) >= 11 is 0. The Morgan fingerprint density at radius 1 is 1.20 bits per heavy atom. The van der Waals surface area contributed by atoms with Gasteiger partial charge in [-0.05, 0) is 30.5 Å². The van der Waals surface area contributed by atoms with Crippen LogP contribution in [0.15, 0.2) is 0 Å². The van der Waals surface area contributed by atoms with Gasteiger partial charge in [-0.1, -0.05) is 27.7 Å². The molecule has 1 aliphatic rings. The maximum Gasteiger partial charge on any atom is 0.334 e. The van der Waals surface area contributed by atoms with E-state index in [4.69, 9.17) is 13.9 Å². The fraction of sp³-hybridized carbons (Fsp3) is 0.889. The van der Waals surface area contributed by atoms with Gasteiger partial charge in [0.15, 0.2) is 8.32 Å². The molecule has 0 aromatic rings. The second kappa shape index (κ2) is 8.18. The van der Waals surface area contributed by atoms with Gasteiger partial charge in [0, 0.05) is 19.3 Å². The van der Waals surface area contributed by atoms with Crippen molar-refractivity contribution in [1.82, 2.24) is 0 Å². The molecular formula is C18H34O6Si. The normalized spacial score (nSPS) is 29.0. The maximum atomic E-state index is 12.5. The molecule has 1 rings (SSSR count). The number of aliphatic hydroxyl groups is 1. The van der Waals surface area contributed by atoms with Gasteiger partial charge in [0.1, 0.15) is 12.2 Å². The average Bonchev–Trinajstić information content (AvgIpc) is 2.46. The molecule has 0 radical (unpaired) electrons. The Labute approximate surface area is 152 Å². The van der Waals surface area contributed by atoms with E-state index >= 15 is 0 Å². The Morgan fingerprint density at radius 3 is 2.20 bits per heavy atom. The third-order valence-electron chi connectivity index (χ3n) is 5.70. The molecular weight excluding hydrogens is 340 g/mol. The Kier molecular flexibility index (Phi) is 7.24. The molecule has 1 aliphatic carbocycles. The number of ether oxygens (including phenoxy) is 2. The van der Waals surface area contributed by atoms with Crippen LogP contribution in [0.2, 0.25) is 18.1 Å². The lowest BCUT2D eigenvalue weighted by Crippen LogP contribution is -2.53. The first-order chi connectivity index (χ1) is 11.3. The molecule has 0 aromatic carbocycles. The second-order valence-corrected chi connectivity index (χ2v) is 13.4. The largest absolute Gasteiger partial charge is 0.467 e. The van der Waals surface area contributed by atoms with Crippen LogP contribution < -0.4 is 0 Å². The SMILES string of the molecule is COC(=O)[C@H](O[Si](C)(C)C(C)(C)C)[C@@H]1C[C@@H](OC(C)=O)C[C@H](O)[C@H]1C. The van der Waals surface area contributed by atoms with Crippen molar-refractivity contribution >= 4 is 20.3 Å². The Balaban J connectivity index is 3.11. The van der Waals surface area contributed by atoms with E-state index in [1.807, 2.05) is 6.92 Å².